The average Bonchev–Trinajstić information content (AvgIpc) is 2.79. The molecule has 2 N–H and O–H groups in total. The summed E-state index contributed by atoms with van der Waals surface area (Å²) in [5.41, 5.74) is 1.32. The van der Waals surface area contributed by atoms with E-state index in [2.05, 4.69) is 15.3 Å². The fourth-order valence-electron chi connectivity index (χ4n) is 3.57. The van der Waals surface area contributed by atoms with E-state index in [1.807, 2.05) is 24.3 Å². The van der Waals surface area contributed by atoms with Crippen molar-refractivity contribution >= 4 is 33.4 Å². The lowest BCUT2D eigenvalue weighted by Gasteiger charge is -2.10. The molecule has 7 heteroatoms. The van der Waals surface area contributed by atoms with Gasteiger partial charge in [0.25, 0.3) is 11.5 Å². The molecule has 7 nitrogen and oxygen atoms in total. The number of hydrogen-bond acceptors (Lipinski definition) is 4. The van der Waals surface area contributed by atoms with E-state index >= 15 is 0 Å². The minimum atomic E-state index is -0.570. The second kappa shape index (κ2) is 7.38. The van der Waals surface area contributed by atoms with Crippen LogP contribution in [-0.2, 0) is 0 Å². The molecule has 31 heavy (non-hydrogen) atoms. The van der Waals surface area contributed by atoms with Gasteiger partial charge in [0.15, 0.2) is 0 Å². The molecule has 2 aromatic heterocycles. The summed E-state index contributed by atoms with van der Waals surface area (Å²) in [7, 11) is 0. The summed E-state index contributed by atoms with van der Waals surface area (Å²) in [6.07, 6.45) is 1.66. The van der Waals surface area contributed by atoms with Gasteiger partial charge < -0.3 is 10.3 Å². The molecule has 1 amide bonds. The SMILES string of the molecule is O=C(Nc1cccc2cccnc12)c1ccc2c(=O)n(-c3ccccc3)c(=O)[nH]c2c1. The number of fused-ring (bicyclic) bond motifs is 2. The standard InChI is InChI=1S/C24H16N4O3/c29-22(26-19-10-4-6-15-7-5-13-25-21(15)19)16-11-12-18-20(14-16)27-24(31)28(23(18)30)17-8-2-1-3-9-17/h1-14H,(H,26,29)(H,27,31). The van der Waals surface area contributed by atoms with Crippen LogP contribution in [0.4, 0.5) is 5.69 Å². The van der Waals surface area contributed by atoms with Gasteiger partial charge in [-0.1, -0.05) is 36.4 Å². The van der Waals surface area contributed by atoms with Crippen LogP contribution in [0.25, 0.3) is 27.5 Å². The molecule has 0 fully saturated rings. The molecule has 2 heterocycles. The van der Waals surface area contributed by atoms with E-state index in [1.165, 1.54) is 6.07 Å². The van der Waals surface area contributed by atoms with Crippen molar-refractivity contribution in [2.45, 2.75) is 0 Å². The van der Waals surface area contributed by atoms with E-state index in [4.69, 9.17) is 0 Å². The van der Waals surface area contributed by atoms with E-state index in [-0.39, 0.29) is 5.91 Å². The van der Waals surface area contributed by atoms with Crippen molar-refractivity contribution in [2.75, 3.05) is 5.32 Å². The highest BCUT2D eigenvalue weighted by atomic mass is 16.2. The summed E-state index contributed by atoms with van der Waals surface area (Å²) < 4.78 is 1.07. The number of para-hydroxylation sites is 2. The van der Waals surface area contributed by atoms with Crippen molar-refractivity contribution < 1.29 is 4.79 Å². The summed E-state index contributed by atoms with van der Waals surface area (Å²) >= 11 is 0. The van der Waals surface area contributed by atoms with Gasteiger partial charge in [-0.15, -0.1) is 0 Å². The molecule has 0 saturated heterocycles. The molecular weight excluding hydrogens is 392 g/mol. The minimum absolute atomic E-state index is 0.297. The Labute approximate surface area is 175 Å². The summed E-state index contributed by atoms with van der Waals surface area (Å²) in [6, 6.07) is 22.5. The molecule has 5 aromatic rings. The van der Waals surface area contributed by atoms with Crippen molar-refractivity contribution in [2.24, 2.45) is 0 Å². The lowest BCUT2D eigenvalue weighted by atomic mass is 10.1. The molecule has 0 unspecified atom stereocenters. The zero-order valence-corrected chi connectivity index (χ0v) is 16.2. The molecular formula is C24H16N4O3. The topological polar surface area (TPSA) is 96.8 Å². The zero-order chi connectivity index (χ0) is 21.4. The van der Waals surface area contributed by atoms with Gasteiger partial charge >= 0.3 is 5.69 Å². The molecule has 150 valence electrons. The Kier molecular flexibility index (Phi) is 4.41. The predicted octanol–water partition coefficient (Wildman–Crippen LogP) is 3.48. The normalized spacial score (nSPS) is 11.0. The Balaban J connectivity index is 1.55. The first-order chi connectivity index (χ1) is 15.1. The van der Waals surface area contributed by atoms with Gasteiger partial charge in [0.1, 0.15) is 0 Å². The Bertz CT molecular complexity index is 1560. The van der Waals surface area contributed by atoms with Gasteiger partial charge in [-0.25, -0.2) is 9.36 Å². The fourth-order valence-corrected chi connectivity index (χ4v) is 3.57. The van der Waals surface area contributed by atoms with E-state index in [0.717, 1.165) is 9.95 Å². The van der Waals surface area contributed by atoms with Crippen LogP contribution in [0.5, 0.6) is 0 Å². The first-order valence-electron chi connectivity index (χ1n) is 9.61. The molecule has 0 bridgehead atoms. The van der Waals surface area contributed by atoms with Crippen molar-refractivity contribution in [1.82, 2.24) is 14.5 Å². The van der Waals surface area contributed by atoms with Crippen molar-refractivity contribution in [3.05, 3.63) is 111 Å². The maximum absolute atomic E-state index is 12.9. The van der Waals surface area contributed by atoms with Crippen molar-refractivity contribution in [3.63, 3.8) is 0 Å². The predicted molar refractivity (Wildman–Crippen MR) is 120 cm³/mol. The second-order valence-electron chi connectivity index (χ2n) is 7.00. The van der Waals surface area contributed by atoms with Crippen LogP contribution in [0.15, 0.2) is 94.6 Å². The number of carbonyl (C=O) groups is 1. The van der Waals surface area contributed by atoms with E-state index < -0.39 is 11.2 Å². The maximum atomic E-state index is 12.9. The molecule has 0 radical (unpaired) electrons. The molecule has 3 aromatic carbocycles. The van der Waals surface area contributed by atoms with Crippen LogP contribution in [0.2, 0.25) is 0 Å². The summed E-state index contributed by atoms with van der Waals surface area (Å²) in [4.78, 5) is 45.4. The average molecular weight is 408 g/mol. The number of H-pyrrole nitrogens is 1. The second-order valence-corrected chi connectivity index (χ2v) is 7.00. The summed E-state index contributed by atoms with van der Waals surface area (Å²) in [5, 5.41) is 4.07. The highest BCUT2D eigenvalue weighted by Crippen LogP contribution is 2.21. The van der Waals surface area contributed by atoms with Crippen LogP contribution in [0, 0.1) is 0 Å². The quantitative estimate of drug-likeness (QED) is 0.478. The number of aromatic nitrogens is 3. The molecule has 0 spiro atoms. The van der Waals surface area contributed by atoms with Crippen LogP contribution < -0.4 is 16.6 Å². The third-order valence-electron chi connectivity index (χ3n) is 5.06. The number of anilines is 1. The van der Waals surface area contributed by atoms with Gasteiger partial charge in [-0.3, -0.25) is 14.6 Å². The molecule has 0 aliphatic heterocycles. The number of hydrogen-bond donors (Lipinski definition) is 2. The third-order valence-corrected chi connectivity index (χ3v) is 5.06. The smallest absolute Gasteiger partial charge is 0.320 e. The number of pyridine rings is 1. The van der Waals surface area contributed by atoms with Crippen molar-refractivity contribution in [1.29, 1.82) is 0 Å². The first-order valence-corrected chi connectivity index (χ1v) is 9.61. The highest BCUT2D eigenvalue weighted by Gasteiger charge is 2.13. The molecule has 0 aliphatic rings. The zero-order valence-electron chi connectivity index (χ0n) is 16.2. The molecule has 5 rings (SSSR count). The number of nitrogens with zero attached hydrogens (tertiary/aromatic N) is 2. The Morgan fingerprint density at radius 3 is 2.55 bits per heavy atom. The molecule has 0 saturated carbocycles. The number of amides is 1. The van der Waals surface area contributed by atoms with E-state index in [1.54, 1.807) is 54.7 Å². The third kappa shape index (κ3) is 3.28. The summed E-state index contributed by atoms with van der Waals surface area (Å²) in [5.74, 6) is -0.367. The van der Waals surface area contributed by atoms with Crippen LogP contribution in [-0.4, -0.2) is 20.4 Å². The van der Waals surface area contributed by atoms with Gasteiger partial charge in [-0.2, -0.15) is 0 Å². The highest BCUT2D eigenvalue weighted by molar-refractivity contribution is 6.09. The minimum Gasteiger partial charge on any atom is -0.320 e. The summed E-state index contributed by atoms with van der Waals surface area (Å²) in [6.45, 7) is 0. The number of carbonyl (C=O) groups excluding carboxylic acids is 1. The van der Waals surface area contributed by atoms with Crippen LogP contribution >= 0.6 is 0 Å². The van der Waals surface area contributed by atoms with Gasteiger partial charge in [0, 0.05) is 17.1 Å². The Hall–Kier alpha value is -4.52. The van der Waals surface area contributed by atoms with Crippen LogP contribution in [0.3, 0.4) is 0 Å². The number of aromatic amines is 1. The van der Waals surface area contributed by atoms with E-state index in [0.29, 0.717) is 33.4 Å². The van der Waals surface area contributed by atoms with Gasteiger partial charge in [0.05, 0.1) is 27.8 Å². The largest absolute Gasteiger partial charge is 0.333 e. The van der Waals surface area contributed by atoms with Gasteiger partial charge in [0.2, 0.25) is 0 Å². The Morgan fingerprint density at radius 2 is 1.71 bits per heavy atom. The first kappa shape index (κ1) is 18.5. The number of rotatable bonds is 3. The lowest BCUT2D eigenvalue weighted by Crippen LogP contribution is -2.33. The Morgan fingerprint density at radius 1 is 0.903 bits per heavy atom. The van der Waals surface area contributed by atoms with E-state index in [9.17, 15) is 14.4 Å². The fraction of sp³-hybridized carbons (Fsp3) is 0. The van der Waals surface area contributed by atoms with Crippen molar-refractivity contribution in [3.8, 4) is 5.69 Å². The maximum Gasteiger partial charge on any atom is 0.333 e. The lowest BCUT2D eigenvalue weighted by molar-refractivity contribution is 0.102. The monoisotopic (exact) mass is 408 g/mol. The van der Waals surface area contributed by atoms with Gasteiger partial charge in [-0.05, 0) is 42.5 Å². The van der Waals surface area contributed by atoms with Crippen LogP contribution in [0.1, 0.15) is 10.4 Å². The molecule has 0 atom stereocenters. The number of nitrogens with one attached hydrogen (secondary N) is 2. The molecule has 0 aliphatic carbocycles. The number of benzene rings is 3.